The number of benzene rings is 2. The summed E-state index contributed by atoms with van der Waals surface area (Å²) >= 11 is 0. The van der Waals surface area contributed by atoms with Crippen LogP contribution >= 0.6 is 0 Å². The molecule has 2 heterocycles. The predicted molar refractivity (Wildman–Crippen MR) is 101 cm³/mol. The highest BCUT2D eigenvalue weighted by molar-refractivity contribution is 6.23. The molecule has 0 saturated carbocycles. The first-order valence-electron chi connectivity index (χ1n) is 8.28. The molecule has 0 spiro atoms. The van der Waals surface area contributed by atoms with Crippen molar-refractivity contribution >= 4 is 28.6 Å². The lowest BCUT2D eigenvalue weighted by Crippen LogP contribution is -2.24. The molecule has 6 nitrogen and oxygen atoms in total. The Morgan fingerprint density at radius 2 is 1.88 bits per heavy atom. The lowest BCUT2D eigenvalue weighted by molar-refractivity contribution is -0.115. The number of hydrogen-bond acceptors (Lipinski definition) is 3. The zero-order chi connectivity index (χ0) is 17.8. The van der Waals surface area contributed by atoms with Crippen molar-refractivity contribution in [3.63, 3.8) is 0 Å². The maximum absolute atomic E-state index is 12.8. The van der Waals surface area contributed by atoms with E-state index in [1.165, 1.54) is 0 Å². The van der Waals surface area contributed by atoms with Crippen LogP contribution in [0.1, 0.15) is 17.2 Å². The van der Waals surface area contributed by atoms with Crippen LogP contribution in [-0.2, 0) is 11.3 Å². The van der Waals surface area contributed by atoms with Gasteiger partial charge in [0.15, 0.2) is 0 Å². The molecule has 3 N–H and O–H groups in total. The molecular weight excluding hydrogens is 326 g/mol. The van der Waals surface area contributed by atoms with Crippen molar-refractivity contribution in [3.05, 3.63) is 84.2 Å². The summed E-state index contributed by atoms with van der Waals surface area (Å²) in [6, 6.07) is 17.4. The van der Waals surface area contributed by atoms with Gasteiger partial charge < -0.3 is 15.3 Å². The van der Waals surface area contributed by atoms with Crippen LogP contribution in [0.4, 0.5) is 0 Å². The summed E-state index contributed by atoms with van der Waals surface area (Å²) in [4.78, 5) is 27.8. The Morgan fingerprint density at radius 1 is 1.08 bits per heavy atom. The van der Waals surface area contributed by atoms with Crippen molar-refractivity contribution in [3.8, 4) is 0 Å². The van der Waals surface area contributed by atoms with Gasteiger partial charge in [-0.15, -0.1) is 0 Å². The van der Waals surface area contributed by atoms with Crippen LogP contribution < -0.4 is 5.32 Å². The molecule has 0 aliphatic carbocycles. The van der Waals surface area contributed by atoms with Crippen LogP contribution in [-0.4, -0.2) is 25.8 Å². The number of amides is 1. The summed E-state index contributed by atoms with van der Waals surface area (Å²) in [5, 5.41) is 2.95. The number of carbonyl (C=O) groups is 1. The molecule has 0 atom stereocenters. The number of nitrogens with zero attached hydrogens (tertiary/aromatic N) is 2. The van der Waals surface area contributed by atoms with Gasteiger partial charge in [0.05, 0.1) is 16.6 Å². The topological polar surface area (TPSA) is 86.5 Å². The highest BCUT2D eigenvalue weighted by atomic mass is 16.1. The number of rotatable bonds is 5. The van der Waals surface area contributed by atoms with Crippen molar-refractivity contribution in [2.24, 2.45) is 0 Å². The molecule has 0 aliphatic heterocycles. The van der Waals surface area contributed by atoms with Crippen molar-refractivity contribution in [2.45, 2.75) is 6.54 Å². The molecule has 0 saturated heterocycles. The van der Waals surface area contributed by atoms with Gasteiger partial charge in [0.1, 0.15) is 11.6 Å². The smallest absolute Gasteiger partial charge is 0.255 e. The highest BCUT2D eigenvalue weighted by Gasteiger charge is 2.16. The van der Waals surface area contributed by atoms with Gasteiger partial charge in [0.2, 0.25) is 0 Å². The SMILES string of the molecule is O=C(NCc1ccccc1)/C(=C/c1ncc[nH]1)c1nc2ccccc2[nH]1. The maximum Gasteiger partial charge on any atom is 0.255 e. The molecular formula is C20H17N5O. The van der Waals surface area contributed by atoms with Crippen molar-refractivity contribution in [2.75, 3.05) is 0 Å². The maximum atomic E-state index is 12.8. The molecule has 128 valence electrons. The molecule has 26 heavy (non-hydrogen) atoms. The number of aromatic nitrogens is 4. The average Bonchev–Trinajstić information content (AvgIpc) is 3.34. The van der Waals surface area contributed by atoms with Crippen LogP contribution in [0.25, 0.3) is 22.7 Å². The van der Waals surface area contributed by atoms with Gasteiger partial charge in [-0.2, -0.15) is 0 Å². The Balaban J connectivity index is 1.65. The van der Waals surface area contributed by atoms with E-state index in [9.17, 15) is 4.79 Å². The van der Waals surface area contributed by atoms with Gasteiger partial charge in [-0.05, 0) is 23.8 Å². The lowest BCUT2D eigenvalue weighted by Gasteiger charge is -2.07. The first kappa shape index (κ1) is 15.8. The molecule has 4 aromatic rings. The van der Waals surface area contributed by atoms with E-state index in [0.717, 1.165) is 16.6 Å². The zero-order valence-electron chi connectivity index (χ0n) is 13.9. The summed E-state index contributed by atoms with van der Waals surface area (Å²) in [7, 11) is 0. The third-order valence-electron chi connectivity index (χ3n) is 3.99. The van der Waals surface area contributed by atoms with E-state index in [-0.39, 0.29) is 5.91 Å². The van der Waals surface area contributed by atoms with Crippen LogP contribution in [0.5, 0.6) is 0 Å². The van der Waals surface area contributed by atoms with Gasteiger partial charge in [0, 0.05) is 18.9 Å². The van der Waals surface area contributed by atoms with Crippen LogP contribution in [0.2, 0.25) is 0 Å². The fraction of sp³-hybridized carbons (Fsp3) is 0.0500. The molecule has 0 fully saturated rings. The zero-order valence-corrected chi connectivity index (χ0v) is 13.9. The van der Waals surface area contributed by atoms with E-state index in [1.807, 2.05) is 54.6 Å². The monoisotopic (exact) mass is 343 g/mol. The van der Waals surface area contributed by atoms with E-state index in [1.54, 1.807) is 18.5 Å². The minimum absolute atomic E-state index is 0.218. The second-order valence-electron chi connectivity index (χ2n) is 5.80. The number of carbonyl (C=O) groups excluding carboxylic acids is 1. The Hall–Kier alpha value is -3.67. The number of nitrogens with one attached hydrogen (secondary N) is 3. The number of aromatic amines is 2. The van der Waals surface area contributed by atoms with E-state index < -0.39 is 0 Å². The molecule has 2 aromatic carbocycles. The molecule has 0 bridgehead atoms. The standard InChI is InChI=1S/C20H17N5O/c26-20(23-13-14-6-2-1-3-7-14)15(12-18-21-10-11-22-18)19-24-16-8-4-5-9-17(16)25-19/h1-12H,13H2,(H,21,22)(H,23,26)(H,24,25)/b15-12+. The van der Waals surface area contributed by atoms with Crippen LogP contribution in [0, 0.1) is 0 Å². The van der Waals surface area contributed by atoms with E-state index in [4.69, 9.17) is 0 Å². The Bertz CT molecular complexity index is 1020. The van der Waals surface area contributed by atoms with E-state index in [0.29, 0.717) is 23.8 Å². The molecule has 0 unspecified atom stereocenters. The van der Waals surface area contributed by atoms with Gasteiger partial charge in [0.25, 0.3) is 5.91 Å². The van der Waals surface area contributed by atoms with Gasteiger partial charge in [-0.3, -0.25) is 4.79 Å². The number of para-hydroxylation sites is 2. The van der Waals surface area contributed by atoms with Crippen molar-refractivity contribution in [1.82, 2.24) is 25.3 Å². The number of imidazole rings is 2. The Morgan fingerprint density at radius 3 is 2.65 bits per heavy atom. The summed E-state index contributed by atoms with van der Waals surface area (Å²) in [6.07, 6.45) is 5.05. The largest absolute Gasteiger partial charge is 0.348 e. The van der Waals surface area contributed by atoms with Crippen molar-refractivity contribution in [1.29, 1.82) is 0 Å². The molecule has 4 rings (SSSR count). The summed E-state index contributed by atoms with van der Waals surface area (Å²) in [6.45, 7) is 0.440. The van der Waals surface area contributed by atoms with E-state index >= 15 is 0 Å². The average molecular weight is 343 g/mol. The van der Waals surface area contributed by atoms with Gasteiger partial charge in [-0.1, -0.05) is 42.5 Å². The Labute approximate surface area is 150 Å². The van der Waals surface area contributed by atoms with Crippen molar-refractivity contribution < 1.29 is 4.79 Å². The minimum atomic E-state index is -0.218. The summed E-state index contributed by atoms with van der Waals surface area (Å²) in [5.74, 6) is 0.882. The molecule has 2 aromatic heterocycles. The van der Waals surface area contributed by atoms with E-state index in [2.05, 4.69) is 25.3 Å². The highest BCUT2D eigenvalue weighted by Crippen LogP contribution is 2.19. The molecule has 6 heteroatoms. The third kappa shape index (κ3) is 3.39. The third-order valence-corrected chi connectivity index (χ3v) is 3.99. The van der Waals surface area contributed by atoms with Gasteiger partial charge >= 0.3 is 0 Å². The number of fused-ring (bicyclic) bond motifs is 1. The first-order valence-corrected chi connectivity index (χ1v) is 8.28. The summed E-state index contributed by atoms with van der Waals surface area (Å²) < 4.78 is 0. The normalized spacial score (nSPS) is 11.6. The molecule has 1 amide bonds. The second-order valence-corrected chi connectivity index (χ2v) is 5.80. The van der Waals surface area contributed by atoms with Gasteiger partial charge in [-0.25, -0.2) is 9.97 Å². The minimum Gasteiger partial charge on any atom is -0.348 e. The second kappa shape index (κ2) is 7.06. The number of H-pyrrole nitrogens is 2. The first-order chi connectivity index (χ1) is 12.8. The van der Waals surface area contributed by atoms with Crippen LogP contribution in [0.15, 0.2) is 67.0 Å². The van der Waals surface area contributed by atoms with Crippen LogP contribution in [0.3, 0.4) is 0 Å². The Kier molecular flexibility index (Phi) is 4.30. The fourth-order valence-corrected chi connectivity index (χ4v) is 2.69. The molecule has 0 aliphatic rings. The summed E-state index contributed by atoms with van der Waals surface area (Å²) in [5.41, 5.74) is 3.14. The molecule has 0 radical (unpaired) electrons. The predicted octanol–water partition coefficient (Wildman–Crippen LogP) is 3.14. The quantitative estimate of drug-likeness (QED) is 0.487. The number of hydrogen-bond donors (Lipinski definition) is 3. The lowest BCUT2D eigenvalue weighted by atomic mass is 10.2. The fourth-order valence-electron chi connectivity index (χ4n) is 2.69.